The normalized spacial score (nSPS) is 10.3. The Morgan fingerprint density at radius 3 is 2.31 bits per heavy atom. The third-order valence-electron chi connectivity index (χ3n) is 4.61. The van der Waals surface area contributed by atoms with Crippen molar-refractivity contribution in [2.24, 2.45) is 0 Å². The van der Waals surface area contributed by atoms with Crippen LogP contribution in [0.3, 0.4) is 0 Å². The Balaban J connectivity index is 1.72. The van der Waals surface area contributed by atoms with Crippen molar-refractivity contribution in [3.05, 3.63) is 83.0 Å². The summed E-state index contributed by atoms with van der Waals surface area (Å²) in [6.07, 6.45) is 1.43. The molecule has 164 valence electrons. The molecule has 1 heterocycles. The minimum atomic E-state index is -0.421. The largest absolute Gasteiger partial charge is 0.321 e. The van der Waals surface area contributed by atoms with Gasteiger partial charge in [-0.25, -0.2) is 4.98 Å². The molecular formula is C23H22ClN5O3. The average molecular weight is 452 g/mol. The second-order valence-corrected chi connectivity index (χ2v) is 7.28. The number of pyridine rings is 1. The number of anilines is 3. The van der Waals surface area contributed by atoms with E-state index in [1.807, 2.05) is 0 Å². The Labute approximate surface area is 190 Å². The molecule has 0 unspecified atom stereocenters. The highest BCUT2D eigenvalue weighted by Gasteiger charge is 2.16. The van der Waals surface area contributed by atoms with E-state index in [2.05, 4.69) is 20.9 Å². The van der Waals surface area contributed by atoms with Gasteiger partial charge in [-0.3, -0.25) is 14.4 Å². The fourth-order valence-corrected chi connectivity index (χ4v) is 2.98. The van der Waals surface area contributed by atoms with Gasteiger partial charge in [-0.2, -0.15) is 0 Å². The molecule has 0 spiro atoms. The lowest BCUT2D eigenvalue weighted by molar-refractivity contribution is -0.117. The van der Waals surface area contributed by atoms with Crippen LogP contribution in [-0.2, 0) is 4.79 Å². The zero-order valence-electron chi connectivity index (χ0n) is 17.6. The van der Waals surface area contributed by atoms with E-state index in [0.29, 0.717) is 27.8 Å². The molecule has 3 N–H and O–H groups in total. The number of nitrogens with zero attached hydrogens (tertiary/aromatic N) is 2. The summed E-state index contributed by atoms with van der Waals surface area (Å²) in [6, 6.07) is 16.5. The van der Waals surface area contributed by atoms with Crippen molar-refractivity contribution in [2.75, 3.05) is 36.2 Å². The van der Waals surface area contributed by atoms with Gasteiger partial charge in [-0.05, 0) is 55.6 Å². The van der Waals surface area contributed by atoms with Gasteiger partial charge >= 0.3 is 0 Å². The number of likely N-dealkylation sites (N-methyl/N-ethyl adjacent to an activating group) is 2. The van der Waals surface area contributed by atoms with Gasteiger partial charge in [-0.15, -0.1) is 0 Å². The Hall–Kier alpha value is -3.75. The van der Waals surface area contributed by atoms with Crippen molar-refractivity contribution in [1.82, 2.24) is 10.3 Å². The number of aromatic nitrogens is 1. The van der Waals surface area contributed by atoms with Crippen LogP contribution in [0.15, 0.2) is 66.9 Å². The maximum atomic E-state index is 12.7. The standard InChI is InChI=1S/C23H22ClN5O3/c1-25-14-21(30)29(2)17-10-7-15(8-11-17)22(31)27-19-6-4-3-5-18(19)23(32)28-20-12-9-16(24)13-26-20/h3-13,25H,14H2,1-2H3,(H,27,31)(H,26,28,32). The Kier molecular flexibility index (Phi) is 7.54. The fourth-order valence-electron chi connectivity index (χ4n) is 2.87. The number of amides is 3. The van der Waals surface area contributed by atoms with Gasteiger partial charge in [0.1, 0.15) is 5.82 Å². The predicted octanol–water partition coefficient (Wildman–Crippen LogP) is 3.42. The van der Waals surface area contributed by atoms with E-state index in [1.165, 1.54) is 11.1 Å². The predicted molar refractivity (Wildman–Crippen MR) is 125 cm³/mol. The zero-order valence-corrected chi connectivity index (χ0v) is 18.3. The monoisotopic (exact) mass is 451 g/mol. The molecule has 0 atom stereocenters. The van der Waals surface area contributed by atoms with Crippen LogP contribution in [0.1, 0.15) is 20.7 Å². The van der Waals surface area contributed by atoms with Gasteiger partial charge in [0, 0.05) is 24.5 Å². The summed E-state index contributed by atoms with van der Waals surface area (Å²) in [5.74, 6) is -0.561. The Bertz CT molecular complexity index is 1120. The molecule has 9 heteroatoms. The van der Waals surface area contributed by atoms with Crippen LogP contribution in [0.2, 0.25) is 5.02 Å². The van der Waals surface area contributed by atoms with E-state index in [1.54, 1.807) is 74.8 Å². The number of rotatable bonds is 7. The van der Waals surface area contributed by atoms with Crippen molar-refractivity contribution in [2.45, 2.75) is 0 Å². The van der Waals surface area contributed by atoms with E-state index in [0.717, 1.165) is 0 Å². The van der Waals surface area contributed by atoms with Crippen LogP contribution in [0.4, 0.5) is 17.2 Å². The molecule has 1 aromatic heterocycles. The number of carbonyl (C=O) groups excluding carboxylic acids is 3. The molecule has 3 rings (SSSR count). The van der Waals surface area contributed by atoms with E-state index in [9.17, 15) is 14.4 Å². The number of hydrogen-bond donors (Lipinski definition) is 3. The van der Waals surface area contributed by atoms with Crippen molar-refractivity contribution < 1.29 is 14.4 Å². The third kappa shape index (κ3) is 5.69. The van der Waals surface area contributed by atoms with Crippen molar-refractivity contribution in [1.29, 1.82) is 0 Å². The first kappa shape index (κ1) is 22.9. The quantitative estimate of drug-likeness (QED) is 0.510. The molecule has 0 radical (unpaired) electrons. The summed E-state index contributed by atoms with van der Waals surface area (Å²) in [6.45, 7) is 0.211. The Morgan fingerprint density at radius 1 is 0.938 bits per heavy atom. The first-order chi connectivity index (χ1) is 15.4. The molecule has 0 fully saturated rings. The molecule has 0 aliphatic rings. The van der Waals surface area contributed by atoms with Crippen LogP contribution in [-0.4, -0.2) is 43.3 Å². The number of carbonyl (C=O) groups is 3. The van der Waals surface area contributed by atoms with Crippen molar-refractivity contribution in [3.8, 4) is 0 Å². The minimum absolute atomic E-state index is 0.0974. The van der Waals surface area contributed by atoms with Crippen LogP contribution in [0.25, 0.3) is 0 Å². The molecule has 0 aliphatic heterocycles. The third-order valence-corrected chi connectivity index (χ3v) is 4.83. The smallest absolute Gasteiger partial charge is 0.258 e. The maximum absolute atomic E-state index is 12.7. The average Bonchev–Trinajstić information content (AvgIpc) is 2.80. The van der Waals surface area contributed by atoms with Gasteiger partial charge < -0.3 is 20.9 Å². The van der Waals surface area contributed by atoms with Crippen molar-refractivity contribution >= 4 is 46.5 Å². The van der Waals surface area contributed by atoms with Gasteiger partial charge in [0.15, 0.2) is 0 Å². The van der Waals surface area contributed by atoms with Crippen LogP contribution in [0.5, 0.6) is 0 Å². The highest BCUT2D eigenvalue weighted by Crippen LogP contribution is 2.20. The number of halogens is 1. The molecular weight excluding hydrogens is 430 g/mol. The second-order valence-electron chi connectivity index (χ2n) is 6.85. The van der Waals surface area contributed by atoms with Gasteiger partial charge in [-0.1, -0.05) is 23.7 Å². The van der Waals surface area contributed by atoms with Crippen LogP contribution >= 0.6 is 11.6 Å². The topological polar surface area (TPSA) is 103 Å². The molecule has 0 bridgehead atoms. The summed E-state index contributed by atoms with van der Waals surface area (Å²) in [7, 11) is 3.36. The number of nitrogens with one attached hydrogen (secondary N) is 3. The molecule has 0 saturated carbocycles. The molecule has 0 aliphatic carbocycles. The summed E-state index contributed by atoms with van der Waals surface area (Å²) >= 11 is 5.82. The van der Waals surface area contributed by atoms with E-state index < -0.39 is 5.91 Å². The lowest BCUT2D eigenvalue weighted by Crippen LogP contribution is -2.34. The number of hydrogen-bond acceptors (Lipinski definition) is 5. The zero-order chi connectivity index (χ0) is 23.1. The number of para-hydroxylation sites is 1. The van der Waals surface area contributed by atoms with E-state index in [4.69, 9.17) is 11.6 Å². The molecule has 32 heavy (non-hydrogen) atoms. The first-order valence-electron chi connectivity index (χ1n) is 9.73. The van der Waals surface area contributed by atoms with Gasteiger partial charge in [0.25, 0.3) is 11.8 Å². The molecule has 3 amide bonds. The maximum Gasteiger partial charge on any atom is 0.258 e. The van der Waals surface area contributed by atoms with Crippen LogP contribution in [0, 0.1) is 0 Å². The second kappa shape index (κ2) is 10.5. The van der Waals surface area contributed by atoms with Gasteiger partial charge in [0.05, 0.1) is 22.8 Å². The lowest BCUT2D eigenvalue weighted by atomic mass is 10.1. The van der Waals surface area contributed by atoms with Crippen LogP contribution < -0.4 is 20.9 Å². The molecule has 8 nitrogen and oxygen atoms in total. The van der Waals surface area contributed by atoms with Gasteiger partial charge in [0.2, 0.25) is 5.91 Å². The fraction of sp³-hybridized carbons (Fsp3) is 0.130. The van der Waals surface area contributed by atoms with E-state index >= 15 is 0 Å². The molecule has 3 aromatic rings. The Morgan fingerprint density at radius 2 is 1.66 bits per heavy atom. The minimum Gasteiger partial charge on any atom is -0.321 e. The summed E-state index contributed by atoms with van der Waals surface area (Å²) in [5, 5.41) is 8.71. The highest BCUT2D eigenvalue weighted by atomic mass is 35.5. The lowest BCUT2D eigenvalue weighted by Gasteiger charge is -2.17. The molecule has 0 saturated heterocycles. The summed E-state index contributed by atoms with van der Waals surface area (Å²) in [5.41, 5.74) is 1.69. The number of benzene rings is 2. The first-order valence-corrected chi connectivity index (χ1v) is 10.1. The highest BCUT2D eigenvalue weighted by molar-refractivity contribution is 6.30. The van der Waals surface area contributed by atoms with E-state index in [-0.39, 0.29) is 23.9 Å². The molecule has 2 aromatic carbocycles. The van der Waals surface area contributed by atoms with Crippen molar-refractivity contribution in [3.63, 3.8) is 0 Å². The summed E-state index contributed by atoms with van der Waals surface area (Å²) < 4.78 is 0. The SMILES string of the molecule is CNCC(=O)N(C)c1ccc(C(=O)Nc2ccccc2C(=O)Nc2ccc(Cl)cn2)cc1. The summed E-state index contributed by atoms with van der Waals surface area (Å²) in [4.78, 5) is 43.0.